The van der Waals surface area contributed by atoms with Crippen LogP contribution in [0.5, 0.6) is 0 Å². The smallest absolute Gasteiger partial charge is 0.0464 e. The quantitative estimate of drug-likeness (QED) is 0.626. The van der Waals surface area contributed by atoms with Crippen LogP contribution in [0, 0.1) is 11.3 Å². The Bertz CT molecular complexity index is 111. The Morgan fingerprint density at radius 3 is 2.70 bits per heavy atom. The minimum absolute atomic E-state index is 0.393. The van der Waals surface area contributed by atoms with E-state index in [4.69, 9.17) is 5.11 Å². The van der Waals surface area contributed by atoms with Crippen LogP contribution < -0.4 is 0 Å². The Balaban J connectivity index is 2.56. The lowest BCUT2D eigenvalue weighted by molar-refractivity contribution is 0.127. The van der Waals surface area contributed by atoms with Crippen LogP contribution in [0.3, 0.4) is 0 Å². The van der Waals surface area contributed by atoms with Gasteiger partial charge in [0, 0.05) is 6.61 Å². The lowest BCUT2D eigenvalue weighted by Crippen LogP contribution is -2.23. The molecule has 0 heterocycles. The van der Waals surface area contributed by atoms with Crippen molar-refractivity contribution in [3.63, 3.8) is 0 Å². The van der Waals surface area contributed by atoms with Crippen LogP contribution in [-0.4, -0.2) is 11.7 Å². The van der Waals surface area contributed by atoms with Crippen molar-refractivity contribution in [1.82, 2.24) is 0 Å². The highest BCUT2D eigenvalue weighted by Gasteiger charge is 2.36. The second-order valence-corrected chi connectivity index (χ2v) is 3.78. The molecule has 0 radical (unpaired) electrons. The molecule has 10 heavy (non-hydrogen) atoms. The Hall–Kier alpha value is -0.0400. The van der Waals surface area contributed by atoms with Gasteiger partial charge in [0.25, 0.3) is 0 Å². The molecule has 0 saturated heterocycles. The average Bonchev–Trinajstić information content (AvgIpc) is 2.32. The highest BCUT2D eigenvalue weighted by molar-refractivity contribution is 4.86. The van der Waals surface area contributed by atoms with Crippen LogP contribution in [0.2, 0.25) is 0 Å². The van der Waals surface area contributed by atoms with E-state index in [9.17, 15) is 0 Å². The molecule has 0 aliphatic heterocycles. The molecule has 0 aromatic rings. The van der Waals surface area contributed by atoms with Gasteiger partial charge in [-0.05, 0) is 24.2 Å². The van der Waals surface area contributed by atoms with Crippen LogP contribution >= 0.6 is 0 Å². The first kappa shape index (κ1) is 8.06. The van der Waals surface area contributed by atoms with Gasteiger partial charge >= 0.3 is 0 Å². The maximum Gasteiger partial charge on any atom is 0.0464 e. The molecular weight excluding hydrogens is 124 g/mol. The van der Waals surface area contributed by atoms with Gasteiger partial charge in [-0.3, -0.25) is 0 Å². The Kier molecular flexibility index (Phi) is 2.35. The minimum atomic E-state index is 0.393. The molecule has 1 nitrogen and oxygen atoms in total. The molecule has 1 fully saturated rings. The molecule has 0 amide bonds. The summed E-state index contributed by atoms with van der Waals surface area (Å²) in [5, 5.41) is 9.03. The molecule has 1 aliphatic carbocycles. The number of hydrogen-bond donors (Lipinski definition) is 1. The van der Waals surface area contributed by atoms with Crippen LogP contribution in [0.15, 0.2) is 0 Å². The molecule has 1 saturated carbocycles. The van der Waals surface area contributed by atoms with E-state index >= 15 is 0 Å². The van der Waals surface area contributed by atoms with Crippen molar-refractivity contribution < 1.29 is 5.11 Å². The molecule has 2 atom stereocenters. The maximum absolute atomic E-state index is 9.03. The average molecular weight is 142 g/mol. The lowest BCUT2D eigenvalue weighted by atomic mass is 9.78. The summed E-state index contributed by atoms with van der Waals surface area (Å²) in [4.78, 5) is 0. The Labute approximate surface area is 63.4 Å². The van der Waals surface area contributed by atoms with Gasteiger partial charge in [0.15, 0.2) is 0 Å². The zero-order valence-electron chi connectivity index (χ0n) is 7.06. The Morgan fingerprint density at radius 1 is 1.60 bits per heavy atom. The fraction of sp³-hybridized carbons (Fsp3) is 1.00. The Morgan fingerprint density at radius 2 is 2.30 bits per heavy atom. The fourth-order valence-corrected chi connectivity index (χ4v) is 2.08. The minimum Gasteiger partial charge on any atom is -0.396 e. The van der Waals surface area contributed by atoms with E-state index in [0.29, 0.717) is 17.9 Å². The molecule has 1 heteroatoms. The monoisotopic (exact) mass is 142 g/mol. The van der Waals surface area contributed by atoms with Crippen LogP contribution in [-0.2, 0) is 0 Å². The second-order valence-electron chi connectivity index (χ2n) is 3.78. The second kappa shape index (κ2) is 2.91. The topological polar surface area (TPSA) is 20.2 Å². The molecule has 1 N–H and O–H groups in total. The van der Waals surface area contributed by atoms with E-state index in [0.717, 1.165) is 0 Å². The van der Waals surface area contributed by atoms with Gasteiger partial charge in [0.1, 0.15) is 0 Å². The van der Waals surface area contributed by atoms with Crippen molar-refractivity contribution in [2.24, 2.45) is 11.3 Å². The van der Waals surface area contributed by atoms with Crippen LogP contribution in [0.25, 0.3) is 0 Å². The van der Waals surface area contributed by atoms with Crippen molar-refractivity contribution in [1.29, 1.82) is 0 Å². The third-order valence-corrected chi connectivity index (χ3v) is 3.31. The molecule has 1 aliphatic rings. The summed E-state index contributed by atoms with van der Waals surface area (Å²) in [6, 6.07) is 0. The van der Waals surface area contributed by atoms with Gasteiger partial charge in [-0.2, -0.15) is 0 Å². The summed E-state index contributed by atoms with van der Waals surface area (Å²) in [5.41, 5.74) is 0.453. The van der Waals surface area contributed by atoms with E-state index in [2.05, 4.69) is 13.8 Å². The largest absolute Gasteiger partial charge is 0.396 e. The van der Waals surface area contributed by atoms with Crippen molar-refractivity contribution in [2.45, 2.75) is 39.5 Å². The molecule has 60 valence electrons. The van der Waals surface area contributed by atoms with Gasteiger partial charge in [-0.25, -0.2) is 0 Å². The first-order valence-electron chi connectivity index (χ1n) is 4.34. The zero-order chi connectivity index (χ0) is 7.61. The zero-order valence-corrected chi connectivity index (χ0v) is 7.06. The van der Waals surface area contributed by atoms with E-state index in [1.165, 1.54) is 25.7 Å². The molecule has 0 aromatic carbocycles. The maximum atomic E-state index is 9.03. The number of aliphatic hydroxyl groups excluding tert-OH is 1. The van der Waals surface area contributed by atoms with Crippen molar-refractivity contribution >= 4 is 0 Å². The fourth-order valence-electron chi connectivity index (χ4n) is 2.08. The summed E-state index contributed by atoms with van der Waals surface area (Å²) >= 11 is 0. The van der Waals surface area contributed by atoms with Crippen LogP contribution in [0.1, 0.15) is 39.5 Å². The van der Waals surface area contributed by atoms with Gasteiger partial charge in [-0.15, -0.1) is 0 Å². The third-order valence-electron chi connectivity index (χ3n) is 3.31. The molecule has 0 unspecified atom stereocenters. The van der Waals surface area contributed by atoms with Crippen LogP contribution in [0.4, 0.5) is 0 Å². The molecule has 1 rings (SSSR count). The van der Waals surface area contributed by atoms with Gasteiger partial charge in [0.2, 0.25) is 0 Å². The SMILES string of the molecule is CC[C@]1(C)CCC[C@H]1CO. The lowest BCUT2D eigenvalue weighted by Gasteiger charge is -2.28. The summed E-state index contributed by atoms with van der Waals surface area (Å²) in [6.07, 6.45) is 5.09. The molecule has 0 spiro atoms. The predicted octanol–water partition coefficient (Wildman–Crippen LogP) is 2.20. The third kappa shape index (κ3) is 1.20. The van der Waals surface area contributed by atoms with Crippen molar-refractivity contribution in [2.75, 3.05) is 6.61 Å². The summed E-state index contributed by atoms with van der Waals surface area (Å²) in [7, 11) is 0. The van der Waals surface area contributed by atoms with Crippen molar-refractivity contribution in [3.05, 3.63) is 0 Å². The summed E-state index contributed by atoms with van der Waals surface area (Å²) < 4.78 is 0. The highest BCUT2D eigenvalue weighted by Crippen LogP contribution is 2.44. The number of rotatable bonds is 2. The van der Waals surface area contributed by atoms with E-state index in [-0.39, 0.29) is 0 Å². The number of hydrogen-bond acceptors (Lipinski definition) is 1. The standard InChI is InChI=1S/C9H18O/c1-3-9(2)6-4-5-8(9)7-10/h8,10H,3-7H2,1-2H3/t8-,9+/m0/s1. The highest BCUT2D eigenvalue weighted by atomic mass is 16.3. The van der Waals surface area contributed by atoms with E-state index in [1.807, 2.05) is 0 Å². The van der Waals surface area contributed by atoms with E-state index in [1.54, 1.807) is 0 Å². The first-order valence-corrected chi connectivity index (χ1v) is 4.34. The summed E-state index contributed by atoms with van der Waals surface area (Å²) in [6.45, 7) is 4.93. The number of aliphatic hydroxyl groups is 1. The normalized spacial score (nSPS) is 40.5. The van der Waals surface area contributed by atoms with Gasteiger partial charge in [-0.1, -0.05) is 26.7 Å². The van der Waals surface area contributed by atoms with Gasteiger partial charge in [0.05, 0.1) is 0 Å². The van der Waals surface area contributed by atoms with E-state index < -0.39 is 0 Å². The van der Waals surface area contributed by atoms with Gasteiger partial charge < -0.3 is 5.11 Å². The predicted molar refractivity (Wildman–Crippen MR) is 42.8 cm³/mol. The molecular formula is C9H18O. The summed E-state index contributed by atoms with van der Waals surface area (Å²) in [5.74, 6) is 0.581. The molecule has 0 aromatic heterocycles. The first-order chi connectivity index (χ1) is 4.73. The van der Waals surface area contributed by atoms with Crippen molar-refractivity contribution in [3.8, 4) is 0 Å². The molecule has 0 bridgehead atoms.